The first-order chi connectivity index (χ1) is 15.8. The van der Waals surface area contributed by atoms with Gasteiger partial charge in [0.2, 0.25) is 5.91 Å². The van der Waals surface area contributed by atoms with Crippen LogP contribution >= 0.6 is 0 Å². The van der Waals surface area contributed by atoms with Crippen LogP contribution in [0.5, 0.6) is 5.75 Å². The summed E-state index contributed by atoms with van der Waals surface area (Å²) in [6.07, 6.45) is -1.74. The van der Waals surface area contributed by atoms with Crippen molar-refractivity contribution in [3.8, 4) is 5.75 Å². The number of rotatable bonds is 5. The molecule has 1 atom stereocenters. The van der Waals surface area contributed by atoms with Gasteiger partial charge in [-0.3, -0.25) is 9.69 Å². The summed E-state index contributed by atoms with van der Waals surface area (Å²) in [5, 5.41) is 0. The molecule has 0 spiro atoms. The highest BCUT2D eigenvalue weighted by atomic mass is 19.4. The van der Waals surface area contributed by atoms with E-state index < -0.39 is 11.7 Å². The number of amides is 1. The summed E-state index contributed by atoms with van der Waals surface area (Å²) in [5.74, 6) is 0.471. The first-order valence-electron chi connectivity index (χ1n) is 11.3. The van der Waals surface area contributed by atoms with E-state index in [-0.39, 0.29) is 24.2 Å². The highest BCUT2D eigenvalue weighted by molar-refractivity contribution is 5.80. The second-order valence-corrected chi connectivity index (χ2v) is 8.61. The Morgan fingerprint density at radius 1 is 1.09 bits per heavy atom. The summed E-state index contributed by atoms with van der Waals surface area (Å²) in [5.41, 5.74) is 0.444. The molecule has 1 aromatic carbocycles. The van der Waals surface area contributed by atoms with Crippen molar-refractivity contribution >= 4 is 11.7 Å². The highest BCUT2D eigenvalue weighted by Crippen LogP contribution is 2.36. The maximum Gasteiger partial charge on any atom is 0.419 e. The second kappa shape index (κ2) is 9.99. The molecule has 1 aromatic heterocycles. The predicted molar refractivity (Wildman–Crippen MR) is 119 cm³/mol. The summed E-state index contributed by atoms with van der Waals surface area (Å²) in [7, 11) is 1.64. The van der Waals surface area contributed by atoms with Crippen molar-refractivity contribution in [2.75, 3.05) is 51.3 Å². The molecule has 33 heavy (non-hydrogen) atoms. The number of methoxy groups -OCH3 is 1. The third-order valence-corrected chi connectivity index (χ3v) is 6.41. The lowest BCUT2D eigenvalue weighted by Crippen LogP contribution is -2.52. The molecule has 3 heterocycles. The molecule has 178 valence electrons. The molecule has 4 rings (SSSR count). The summed E-state index contributed by atoms with van der Waals surface area (Å²) >= 11 is 0. The van der Waals surface area contributed by atoms with Crippen molar-refractivity contribution in [3.63, 3.8) is 0 Å². The van der Waals surface area contributed by atoms with E-state index in [1.165, 1.54) is 17.8 Å². The Bertz CT molecular complexity index is 943. The van der Waals surface area contributed by atoms with Gasteiger partial charge in [-0.1, -0.05) is 12.1 Å². The van der Waals surface area contributed by atoms with E-state index in [1.54, 1.807) is 12.0 Å². The first kappa shape index (κ1) is 23.4. The molecule has 0 bridgehead atoms. The molecule has 2 fully saturated rings. The van der Waals surface area contributed by atoms with E-state index in [0.717, 1.165) is 31.5 Å². The topological polar surface area (TPSA) is 48.9 Å². The number of piperidine rings is 1. The van der Waals surface area contributed by atoms with Crippen molar-refractivity contribution in [3.05, 3.63) is 53.7 Å². The largest absolute Gasteiger partial charge is 0.497 e. The lowest BCUT2D eigenvalue weighted by molar-refractivity contribution is -0.137. The lowest BCUT2D eigenvalue weighted by atomic mass is 9.95. The van der Waals surface area contributed by atoms with Gasteiger partial charge in [-0.15, -0.1) is 0 Å². The predicted octanol–water partition coefficient (Wildman–Crippen LogP) is 3.67. The number of hydrogen-bond acceptors (Lipinski definition) is 5. The number of pyridine rings is 1. The van der Waals surface area contributed by atoms with Crippen LogP contribution in [0.3, 0.4) is 0 Å². The fourth-order valence-corrected chi connectivity index (χ4v) is 4.62. The van der Waals surface area contributed by atoms with Gasteiger partial charge in [0, 0.05) is 52.0 Å². The Hall–Kier alpha value is -2.81. The van der Waals surface area contributed by atoms with E-state index in [9.17, 15) is 18.0 Å². The summed E-state index contributed by atoms with van der Waals surface area (Å²) in [6.45, 7) is 4.35. The molecular formula is C24H29F3N4O2. The zero-order valence-electron chi connectivity index (χ0n) is 18.7. The van der Waals surface area contributed by atoms with Crippen molar-refractivity contribution in [1.82, 2.24) is 14.8 Å². The number of nitrogens with zero attached hydrogens (tertiary/aromatic N) is 4. The van der Waals surface area contributed by atoms with Crippen molar-refractivity contribution in [1.29, 1.82) is 0 Å². The van der Waals surface area contributed by atoms with E-state index in [4.69, 9.17) is 4.74 Å². The maximum absolute atomic E-state index is 13.4. The first-order valence-corrected chi connectivity index (χ1v) is 11.3. The minimum Gasteiger partial charge on any atom is -0.497 e. The molecule has 6 nitrogen and oxygen atoms in total. The SMILES string of the molecule is COc1ccc(CN2CCN(C(=O)C3CCCN(c4ncccc4C(F)(F)F)C3)CC2)cc1. The van der Waals surface area contributed by atoms with Gasteiger partial charge < -0.3 is 14.5 Å². The molecule has 0 saturated carbocycles. The quantitative estimate of drug-likeness (QED) is 0.679. The number of aromatic nitrogens is 1. The minimum atomic E-state index is -4.47. The highest BCUT2D eigenvalue weighted by Gasteiger charge is 2.38. The third kappa shape index (κ3) is 5.58. The van der Waals surface area contributed by atoms with Crippen LogP contribution in [-0.4, -0.2) is 67.1 Å². The molecule has 0 N–H and O–H groups in total. The summed E-state index contributed by atoms with van der Waals surface area (Å²) < 4.78 is 45.5. The number of halogens is 3. The molecule has 0 aliphatic carbocycles. The molecule has 2 aromatic rings. The number of alkyl halides is 3. The van der Waals surface area contributed by atoms with Crippen LogP contribution in [0.4, 0.5) is 19.0 Å². The van der Waals surface area contributed by atoms with Crippen LogP contribution in [0.2, 0.25) is 0 Å². The van der Waals surface area contributed by atoms with Crippen LogP contribution in [0, 0.1) is 5.92 Å². The van der Waals surface area contributed by atoms with Crippen LogP contribution < -0.4 is 9.64 Å². The number of piperazine rings is 1. The van der Waals surface area contributed by atoms with Gasteiger partial charge in [0.15, 0.2) is 0 Å². The second-order valence-electron chi connectivity index (χ2n) is 8.61. The molecule has 2 aliphatic rings. The van der Waals surface area contributed by atoms with Gasteiger partial charge >= 0.3 is 6.18 Å². The van der Waals surface area contributed by atoms with Gasteiger partial charge in [0.05, 0.1) is 18.6 Å². The molecule has 1 unspecified atom stereocenters. The number of benzene rings is 1. The molecule has 2 saturated heterocycles. The number of carbonyl (C=O) groups excluding carboxylic acids is 1. The van der Waals surface area contributed by atoms with E-state index in [1.807, 2.05) is 29.2 Å². The Morgan fingerprint density at radius 3 is 2.48 bits per heavy atom. The van der Waals surface area contributed by atoms with Gasteiger partial charge in [-0.25, -0.2) is 4.98 Å². The van der Waals surface area contributed by atoms with E-state index in [2.05, 4.69) is 9.88 Å². The maximum atomic E-state index is 13.4. The third-order valence-electron chi connectivity index (χ3n) is 6.41. The number of anilines is 1. The van der Waals surface area contributed by atoms with Crippen molar-refractivity contribution in [2.24, 2.45) is 5.92 Å². The van der Waals surface area contributed by atoms with Gasteiger partial charge in [-0.2, -0.15) is 13.2 Å². The normalized spacial score (nSPS) is 20.1. The van der Waals surface area contributed by atoms with Gasteiger partial charge in [0.25, 0.3) is 0 Å². The molecule has 0 radical (unpaired) electrons. The summed E-state index contributed by atoms with van der Waals surface area (Å²) in [6, 6.07) is 10.3. The van der Waals surface area contributed by atoms with Gasteiger partial charge in [0.1, 0.15) is 11.6 Å². The molecule has 1 amide bonds. The van der Waals surface area contributed by atoms with Crippen LogP contribution in [0.1, 0.15) is 24.0 Å². The average molecular weight is 463 g/mol. The fourth-order valence-electron chi connectivity index (χ4n) is 4.62. The Morgan fingerprint density at radius 2 is 1.82 bits per heavy atom. The summed E-state index contributed by atoms with van der Waals surface area (Å²) in [4.78, 5) is 23.0. The number of hydrogen-bond donors (Lipinski definition) is 0. The molecule has 9 heteroatoms. The van der Waals surface area contributed by atoms with Crippen molar-refractivity contribution < 1.29 is 22.7 Å². The smallest absolute Gasteiger partial charge is 0.419 e. The average Bonchev–Trinajstić information content (AvgIpc) is 2.84. The van der Waals surface area contributed by atoms with Crippen LogP contribution in [0.25, 0.3) is 0 Å². The van der Waals surface area contributed by atoms with Crippen LogP contribution in [0.15, 0.2) is 42.6 Å². The van der Waals surface area contributed by atoms with Gasteiger partial charge in [-0.05, 0) is 42.7 Å². The standard InChI is InChI=1S/C24H29F3N4O2/c1-33-20-8-6-18(7-9-20)16-29-12-14-30(15-13-29)23(32)19-4-3-11-31(17-19)22-21(24(25,26)27)5-2-10-28-22/h2,5-10,19H,3-4,11-17H2,1H3. The monoisotopic (exact) mass is 462 g/mol. The van der Waals surface area contributed by atoms with E-state index in [0.29, 0.717) is 32.5 Å². The molecular weight excluding hydrogens is 433 g/mol. The zero-order chi connectivity index (χ0) is 23.4. The Balaban J connectivity index is 1.33. The number of ether oxygens (including phenoxy) is 1. The van der Waals surface area contributed by atoms with Crippen molar-refractivity contribution in [2.45, 2.75) is 25.6 Å². The number of carbonyl (C=O) groups is 1. The Kier molecular flexibility index (Phi) is 7.07. The fraction of sp³-hybridized carbons (Fsp3) is 0.500. The van der Waals surface area contributed by atoms with E-state index >= 15 is 0 Å². The zero-order valence-corrected chi connectivity index (χ0v) is 18.7. The lowest BCUT2D eigenvalue weighted by Gasteiger charge is -2.39. The van der Waals surface area contributed by atoms with Crippen LogP contribution in [-0.2, 0) is 17.5 Å². The molecule has 2 aliphatic heterocycles. The minimum absolute atomic E-state index is 0.0355. The Labute approximate surface area is 191 Å².